The molecule has 26 heavy (non-hydrogen) atoms. The van der Waals surface area contributed by atoms with Crippen LogP contribution in [0.3, 0.4) is 0 Å². The van der Waals surface area contributed by atoms with Crippen molar-refractivity contribution in [3.05, 3.63) is 0 Å². The number of nitrogens with one attached hydrogen (secondary N) is 2. The monoisotopic (exact) mass is 415 g/mol. The molecule has 0 aromatic heterocycles. The van der Waals surface area contributed by atoms with Crippen molar-refractivity contribution in [3.63, 3.8) is 0 Å². The Labute approximate surface area is 138 Å². The number of halogens is 12. The maximum atomic E-state index is 13.3. The number of rotatable bonds is 3. The van der Waals surface area contributed by atoms with Crippen LogP contribution in [0.2, 0.25) is 0 Å². The van der Waals surface area contributed by atoms with Gasteiger partial charge in [-0.1, -0.05) is 13.8 Å². The van der Waals surface area contributed by atoms with Gasteiger partial charge in [-0.15, -0.1) is 0 Å². The molecule has 1 heterocycles. The first-order valence-corrected chi connectivity index (χ1v) is 6.91. The van der Waals surface area contributed by atoms with Gasteiger partial charge in [-0.05, 0) is 13.1 Å². The molecule has 1 atom stereocenters. The van der Waals surface area contributed by atoms with Gasteiger partial charge in [-0.2, -0.15) is 52.7 Å². The molecule has 1 saturated heterocycles. The number of alkyl halides is 12. The molecule has 0 saturated carbocycles. The van der Waals surface area contributed by atoms with Crippen molar-refractivity contribution >= 4 is 0 Å². The van der Waals surface area contributed by atoms with Crippen molar-refractivity contribution in [3.8, 4) is 0 Å². The van der Waals surface area contributed by atoms with Crippen LogP contribution in [-0.2, 0) is 0 Å². The second kappa shape index (κ2) is 6.29. The van der Waals surface area contributed by atoms with Crippen LogP contribution < -0.4 is 10.6 Å². The fourth-order valence-electron chi connectivity index (χ4n) is 2.97. The standard InChI is InChI=1S/C11H13F12N3/c1-3-24-5-6(8(12,13)14,9(15,16)17)25-7(10(18,19)20,11(21,22)23)26(5)4-2/h5,24-25H,3-4H2,1-2H3. The maximum Gasteiger partial charge on any atom is 0.429 e. The van der Waals surface area contributed by atoms with E-state index >= 15 is 0 Å². The van der Waals surface area contributed by atoms with Crippen LogP contribution in [0, 0.1) is 0 Å². The summed E-state index contributed by atoms with van der Waals surface area (Å²) < 4.78 is 160. The van der Waals surface area contributed by atoms with Gasteiger partial charge in [0.25, 0.3) is 5.66 Å². The van der Waals surface area contributed by atoms with Crippen LogP contribution in [0.1, 0.15) is 13.8 Å². The molecule has 1 unspecified atom stereocenters. The average molecular weight is 415 g/mol. The van der Waals surface area contributed by atoms with Crippen molar-refractivity contribution < 1.29 is 52.7 Å². The van der Waals surface area contributed by atoms with Gasteiger partial charge in [0.05, 0.1) is 6.17 Å². The predicted molar refractivity (Wildman–Crippen MR) is 62.7 cm³/mol. The zero-order valence-electron chi connectivity index (χ0n) is 13.0. The minimum absolute atomic E-state index is 0.123. The largest absolute Gasteiger partial charge is 0.429 e. The van der Waals surface area contributed by atoms with E-state index in [1.807, 2.05) is 0 Å². The Hall–Kier alpha value is -0.960. The van der Waals surface area contributed by atoms with Gasteiger partial charge < -0.3 is 0 Å². The molecule has 1 fully saturated rings. The number of hydrogen-bond acceptors (Lipinski definition) is 3. The summed E-state index contributed by atoms with van der Waals surface area (Å²) in [5.41, 5.74) is -11.1. The lowest BCUT2D eigenvalue weighted by Crippen LogP contribution is -2.76. The summed E-state index contributed by atoms with van der Waals surface area (Å²) in [6.07, 6.45) is -29.6. The van der Waals surface area contributed by atoms with E-state index in [1.165, 1.54) is 5.32 Å². The van der Waals surface area contributed by atoms with Crippen LogP contribution in [0.15, 0.2) is 0 Å². The molecule has 3 nitrogen and oxygen atoms in total. The first kappa shape index (κ1) is 23.1. The van der Waals surface area contributed by atoms with E-state index in [9.17, 15) is 52.7 Å². The van der Waals surface area contributed by atoms with E-state index < -0.39 is 60.1 Å². The highest BCUT2D eigenvalue weighted by Gasteiger charge is 2.90. The van der Waals surface area contributed by atoms with Crippen LogP contribution in [0.25, 0.3) is 0 Å². The Balaban J connectivity index is 3.97. The Morgan fingerprint density at radius 2 is 1.15 bits per heavy atom. The lowest BCUT2D eigenvalue weighted by molar-refractivity contribution is -0.351. The fraction of sp³-hybridized carbons (Fsp3) is 1.00. The minimum atomic E-state index is -6.55. The summed E-state index contributed by atoms with van der Waals surface area (Å²) in [6, 6.07) is 0. The predicted octanol–water partition coefficient (Wildman–Crippen LogP) is 3.53. The smallest absolute Gasteiger partial charge is 0.300 e. The van der Waals surface area contributed by atoms with Crippen molar-refractivity contribution in [1.29, 1.82) is 0 Å². The summed E-state index contributed by atoms with van der Waals surface area (Å²) in [5.74, 6) is 0. The summed E-state index contributed by atoms with van der Waals surface area (Å²) in [4.78, 5) is -0.947. The van der Waals surface area contributed by atoms with Crippen LogP contribution in [0.4, 0.5) is 52.7 Å². The lowest BCUT2D eigenvalue weighted by Gasteiger charge is -2.41. The van der Waals surface area contributed by atoms with Crippen molar-refractivity contribution in [2.24, 2.45) is 0 Å². The summed E-state index contributed by atoms with van der Waals surface area (Å²) in [6.45, 7) is -0.659. The van der Waals surface area contributed by atoms with Crippen molar-refractivity contribution in [1.82, 2.24) is 15.5 Å². The van der Waals surface area contributed by atoms with E-state index in [0.717, 1.165) is 6.92 Å². The third-order valence-electron chi connectivity index (χ3n) is 3.98. The second-order valence-corrected chi connectivity index (χ2v) is 5.38. The van der Waals surface area contributed by atoms with E-state index in [-0.39, 0.29) is 5.32 Å². The highest BCUT2D eigenvalue weighted by Crippen LogP contribution is 2.58. The highest BCUT2D eigenvalue weighted by atomic mass is 19.4. The molecule has 0 aliphatic carbocycles. The first-order valence-electron chi connectivity index (χ1n) is 6.91. The van der Waals surface area contributed by atoms with Gasteiger partial charge in [-0.3, -0.25) is 15.5 Å². The molecule has 0 spiro atoms. The van der Waals surface area contributed by atoms with E-state index in [1.54, 1.807) is 0 Å². The van der Waals surface area contributed by atoms with Gasteiger partial charge in [0.1, 0.15) is 0 Å². The van der Waals surface area contributed by atoms with Crippen LogP contribution >= 0.6 is 0 Å². The molecular formula is C11H13F12N3. The molecule has 0 radical (unpaired) electrons. The summed E-state index contributed by atoms with van der Waals surface area (Å²) in [7, 11) is 0. The number of hydrogen-bond donors (Lipinski definition) is 2. The Morgan fingerprint density at radius 1 is 0.769 bits per heavy atom. The molecule has 2 N–H and O–H groups in total. The molecule has 0 amide bonds. The van der Waals surface area contributed by atoms with Gasteiger partial charge in [0, 0.05) is 0 Å². The average Bonchev–Trinajstić information content (AvgIpc) is 2.69. The Bertz CT molecular complexity index is 475. The summed E-state index contributed by atoms with van der Waals surface area (Å²) >= 11 is 0. The zero-order chi connectivity index (χ0) is 21.0. The summed E-state index contributed by atoms with van der Waals surface area (Å²) in [5, 5.41) is 1.35. The topological polar surface area (TPSA) is 27.3 Å². The molecule has 15 heteroatoms. The third-order valence-corrected chi connectivity index (χ3v) is 3.98. The molecule has 0 bridgehead atoms. The molecule has 1 aliphatic rings. The highest BCUT2D eigenvalue weighted by molar-refractivity contribution is 5.23. The Morgan fingerprint density at radius 3 is 1.38 bits per heavy atom. The normalized spacial score (nSPS) is 24.9. The van der Waals surface area contributed by atoms with E-state index in [0.29, 0.717) is 6.92 Å². The van der Waals surface area contributed by atoms with Gasteiger partial charge in [0.15, 0.2) is 0 Å². The first-order chi connectivity index (χ1) is 11.3. The number of nitrogens with zero attached hydrogens (tertiary/aromatic N) is 1. The van der Waals surface area contributed by atoms with Crippen LogP contribution in [0.5, 0.6) is 0 Å². The molecule has 1 rings (SSSR count). The number of likely N-dealkylation sites (N-methyl/N-ethyl adjacent to an activating group) is 2. The minimum Gasteiger partial charge on any atom is -0.300 e. The molecular weight excluding hydrogens is 402 g/mol. The zero-order valence-corrected chi connectivity index (χ0v) is 13.0. The van der Waals surface area contributed by atoms with Gasteiger partial charge in [-0.25, -0.2) is 0 Å². The van der Waals surface area contributed by atoms with E-state index in [2.05, 4.69) is 0 Å². The fourth-order valence-corrected chi connectivity index (χ4v) is 2.97. The van der Waals surface area contributed by atoms with E-state index in [4.69, 9.17) is 0 Å². The molecule has 1 aliphatic heterocycles. The van der Waals surface area contributed by atoms with Gasteiger partial charge in [0.2, 0.25) is 5.54 Å². The molecule has 156 valence electrons. The maximum absolute atomic E-state index is 13.3. The third kappa shape index (κ3) is 2.91. The lowest BCUT2D eigenvalue weighted by atomic mass is 9.94. The second-order valence-electron chi connectivity index (χ2n) is 5.38. The van der Waals surface area contributed by atoms with Crippen molar-refractivity contribution in [2.75, 3.05) is 13.1 Å². The Kier molecular flexibility index (Phi) is 5.58. The SMILES string of the molecule is CCNC1N(CC)C(C(F)(F)F)(C(F)(F)F)NC1(C(F)(F)F)C(F)(F)F. The van der Waals surface area contributed by atoms with Crippen LogP contribution in [-0.4, -0.2) is 60.1 Å². The quantitative estimate of drug-likeness (QED) is 0.691. The molecule has 0 aromatic carbocycles. The molecule has 0 aromatic rings. The van der Waals surface area contributed by atoms with Gasteiger partial charge >= 0.3 is 24.7 Å². The van der Waals surface area contributed by atoms with Crippen molar-refractivity contribution in [2.45, 2.75) is 55.9 Å².